The van der Waals surface area contributed by atoms with E-state index in [9.17, 15) is 4.39 Å². The van der Waals surface area contributed by atoms with Crippen LogP contribution in [0.15, 0.2) is 24.3 Å². The first kappa shape index (κ1) is 13.2. The van der Waals surface area contributed by atoms with Gasteiger partial charge in [-0.3, -0.25) is 0 Å². The Morgan fingerprint density at radius 1 is 1.26 bits per heavy atom. The smallest absolute Gasteiger partial charge is 0.321 e. The second-order valence-corrected chi connectivity index (χ2v) is 3.87. The van der Waals surface area contributed by atoms with E-state index in [1.54, 1.807) is 19.2 Å². The van der Waals surface area contributed by atoms with E-state index >= 15 is 0 Å². The van der Waals surface area contributed by atoms with Gasteiger partial charge in [-0.1, -0.05) is 19.1 Å². The van der Waals surface area contributed by atoms with E-state index in [2.05, 4.69) is 20.3 Å². The van der Waals surface area contributed by atoms with Gasteiger partial charge < -0.3 is 10.1 Å². The first-order valence-electron chi connectivity index (χ1n) is 6.05. The number of nitrogens with zero attached hydrogens (tertiary/aromatic N) is 3. The zero-order chi connectivity index (χ0) is 13.7. The van der Waals surface area contributed by atoms with Crippen molar-refractivity contribution in [3.05, 3.63) is 30.1 Å². The van der Waals surface area contributed by atoms with Crippen molar-refractivity contribution in [3.8, 4) is 17.4 Å². The van der Waals surface area contributed by atoms with Gasteiger partial charge in [0.15, 0.2) is 5.82 Å². The van der Waals surface area contributed by atoms with Gasteiger partial charge in [-0.15, -0.1) is 0 Å². The van der Waals surface area contributed by atoms with Crippen molar-refractivity contribution >= 4 is 5.95 Å². The zero-order valence-corrected chi connectivity index (χ0v) is 10.9. The van der Waals surface area contributed by atoms with Crippen LogP contribution in [0.2, 0.25) is 0 Å². The fourth-order valence-electron chi connectivity index (χ4n) is 1.48. The number of aromatic nitrogens is 3. The van der Waals surface area contributed by atoms with Gasteiger partial charge in [0.1, 0.15) is 5.82 Å². The molecule has 1 heterocycles. The van der Waals surface area contributed by atoms with E-state index in [0.717, 1.165) is 6.42 Å². The van der Waals surface area contributed by atoms with E-state index in [4.69, 9.17) is 4.74 Å². The Balaban J connectivity index is 2.38. The van der Waals surface area contributed by atoms with Crippen LogP contribution in [0.4, 0.5) is 10.3 Å². The highest BCUT2D eigenvalue weighted by Crippen LogP contribution is 2.19. The Labute approximate surface area is 110 Å². The lowest BCUT2D eigenvalue weighted by molar-refractivity contribution is 0.292. The highest BCUT2D eigenvalue weighted by Gasteiger charge is 2.09. The Bertz CT molecular complexity index is 562. The molecule has 0 aliphatic rings. The van der Waals surface area contributed by atoms with E-state index in [1.807, 2.05) is 6.92 Å². The standard InChI is InChI=1S/C13H15FN4O/c1-3-7-19-13-17-11(16-12(15-2)18-13)9-5-4-6-10(14)8-9/h4-6,8H,3,7H2,1-2H3,(H,15,16,17,18). The van der Waals surface area contributed by atoms with Gasteiger partial charge >= 0.3 is 6.01 Å². The van der Waals surface area contributed by atoms with Gasteiger partial charge in [0, 0.05) is 12.6 Å². The number of hydrogen-bond acceptors (Lipinski definition) is 5. The summed E-state index contributed by atoms with van der Waals surface area (Å²) < 4.78 is 18.6. The Hall–Kier alpha value is -2.24. The molecule has 19 heavy (non-hydrogen) atoms. The molecule has 0 bridgehead atoms. The molecule has 1 N–H and O–H groups in total. The minimum atomic E-state index is -0.333. The first-order valence-corrected chi connectivity index (χ1v) is 6.05. The second kappa shape index (κ2) is 6.08. The largest absolute Gasteiger partial charge is 0.463 e. The molecule has 0 radical (unpaired) electrons. The molecule has 0 amide bonds. The average molecular weight is 262 g/mol. The van der Waals surface area contributed by atoms with Crippen LogP contribution in [0.3, 0.4) is 0 Å². The zero-order valence-electron chi connectivity index (χ0n) is 10.9. The third-order valence-corrected chi connectivity index (χ3v) is 2.36. The molecule has 2 rings (SSSR count). The molecular weight excluding hydrogens is 247 g/mol. The summed E-state index contributed by atoms with van der Waals surface area (Å²) in [6.45, 7) is 2.52. The van der Waals surface area contributed by atoms with Crippen molar-refractivity contribution in [3.63, 3.8) is 0 Å². The van der Waals surface area contributed by atoms with Crippen molar-refractivity contribution in [2.24, 2.45) is 0 Å². The predicted molar refractivity (Wildman–Crippen MR) is 70.6 cm³/mol. The SMILES string of the molecule is CCCOc1nc(NC)nc(-c2cccc(F)c2)n1. The van der Waals surface area contributed by atoms with Crippen molar-refractivity contribution in [1.82, 2.24) is 15.0 Å². The van der Waals surface area contributed by atoms with Gasteiger partial charge in [-0.25, -0.2) is 4.39 Å². The van der Waals surface area contributed by atoms with Gasteiger partial charge in [-0.05, 0) is 18.6 Å². The molecule has 0 unspecified atom stereocenters. The summed E-state index contributed by atoms with van der Waals surface area (Å²) in [4.78, 5) is 12.5. The lowest BCUT2D eigenvalue weighted by atomic mass is 10.2. The van der Waals surface area contributed by atoms with Gasteiger partial charge in [0.2, 0.25) is 5.95 Å². The fraction of sp³-hybridized carbons (Fsp3) is 0.308. The molecular formula is C13H15FN4O. The topological polar surface area (TPSA) is 59.9 Å². The molecule has 0 aliphatic heterocycles. The van der Waals surface area contributed by atoms with E-state index in [-0.39, 0.29) is 11.8 Å². The molecule has 1 aromatic carbocycles. The molecule has 1 aromatic heterocycles. The summed E-state index contributed by atoms with van der Waals surface area (Å²) in [5.41, 5.74) is 0.584. The van der Waals surface area contributed by atoms with Crippen LogP contribution >= 0.6 is 0 Å². The van der Waals surface area contributed by atoms with Crippen molar-refractivity contribution in [2.75, 3.05) is 19.0 Å². The quantitative estimate of drug-likeness (QED) is 0.897. The highest BCUT2D eigenvalue weighted by atomic mass is 19.1. The van der Waals surface area contributed by atoms with E-state index in [0.29, 0.717) is 23.9 Å². The fourth-order valence-corrected chi connectivity index (χ4v) is 1.48. The molecule has 0 aliphatic carbocycles. The molecule has 2 aromatic rings. The number of anilines is 1. The summed E-state index contributed by atoms with van der Waals surface area (Å²) in [6.07, 6.45) is 0.857. The van der Waals surface area contributed by atoms with Crippen LogP contribution in [0.5, 0.6) is 6.01 Å². The number of rotatable bonds is 5. The number of benzene rings is 1. The van der Waals surface area contributed by atoms with Crippen LogP contribution in [0.1, 0.15) is 13.3 Å². The minimum absolute atomic E-state index is 0.237. The summed E-state index contributed by atoms with van der Waals surface area (Å²) in [5, 5.41) is 2.83. The molecule has 6 heteroatoms. The van der Waals surface area contributed by atoms with E-state index < -0.39 is 0 Å². The molecule has 100 valence electrons. The third kappa shape index (κ3) is 3.37. The van der Waals surface area contributed by atoms with Crippen molar-refractivity contribution < 1.29 is 9.13 Å². The monoisotopic (exact) mass is 262 g/mol. The number of ether oxygens (including phenoxy) is 1. The van der Waals surface area contributed by atoms with Crippen LogP contribution in [0.25, 0.3) is 11.4 Å². The summed E-state index contributed by atoms with van der Waals surface area (Å²) in [6, 6.07) is 6.33. The lowest BCUT2D eigenvalue weighted by Crippen LogP contribution is -2.06. The molecule has 0 saturated carbocycles. The summed E-state index contributed by atoms with van der Waals surface area (Å²) in [7, 11) is 1.70. The van der Waals surface area contributed by atoms with Crippen LogP contribution in [0, 0.1) is 5.82 Å². The Morgan fingerprint density at radius 2 is 2.11 bits per heavy atom. The summed E-state index contributed by atoms with van der Waals surface area (Å²) in [5.74, 6) is 0.435. The highest BCUT2D eigenvalue weighted by molar-refractivity contribution is 5.56. The molecule has 0 atom stereocenters. The average Bonchev–Trinajstić information content (AvgIpc) is 2.44. The molecule has 0 saturated heterocycles. The number of halogens is 1. The third-order valence-electron chi connectivity index (χ3n) is 2.36. The second-order valence-electron chi connectivity index (χ2n) is 3.87. The van der Waals surface area contributed by atoms with Crippen LogP contribution in [-0.4, -0.2) is 28.6 Å². The minimum Gasteiger partial charge on any atom is -0.463 e. The van der Waals surface area contributed by atoms with Gasteiger partial charge in [-0.2, -0.15) is 15.0 Å². The predicted octanol–water partition coefficient (Wildman–Crippen LogP) is 2.51. The van der Waals surface area contributed by atoms with Crippen molar-refractivity contribution in [1.29, 1.82) is 0 Å². The normalized spacial score (nSPS) is 10.3. The number of hydrogen-bond donors (Lipinski definition) is 1. The summed E-state index contributed by atoms with van der Waals surface area (Å²) >= 11 is 0. The molecule has 0 spiro atoms. The maximum atomic E-state index is 13.2. The van der Waals surface area contributed by atoms with Crippen molar-refractivity contribution in [2.45, 2.75) is 13.3 Å². The van der Waals surface area contributed by atoms with Gasteiger partial charge in [0.25, 0.3) is 0 Å². The molecule has 5 nitrogen and oxygen atoms in total. The first-order chi connectivity index (χ1) is 9.22. The van der Waals surface area contributed by atoms with Gasteiger partial charge in [0.05, 0.1) is 6.61 Å². The molecule has 0 fully saturated rings. The maximum absolute atomic E-state index is 13.2. The number of nitrogens with one attached hydrogen (secondary N) is 1. The Kier molecular flexibility index (Phi) is 4.22. The lowest BCUT2D eigenvalue weighted by Gasteiger charge is -2.07. The maximum Gasteiger partial charge on any atom is 0.321 e. The van der Waals surface area contributed by atoms with E-state index in [1.165, 1.54) is 12.1 Å². The van der Waals surface area contributed by atoms with Crippen LogP contribution < -0.4 is 10.1 Å². The Morgan fingerprint density at radius 3 is 2.79 bits per heavy atom. The van der Waals surface area contributed by atoms with Crippen LogP contribution in [-0.2, 0) is 0 Å².